The van der Waals surface area contributed by atoms with E-state index in [0.717, 1.165) is 19.6 Å². The molecular formula is C10H18ClN3S. The molecule has 3 nitrogen and oxygen atoms in total. The van der Waals surface area contributed by atoms with E-state index in [4.69, 9.17) is 0 Å². The van der Waals surface area contributed by atoms with Gasteiger partial charge in [0.25, 0.3) is 0 Å². The van der Waals surface area contributed by atoms with Crippen LogP contribution in [0.15, 0.2) is 5.51 Å². The fourth-order valence-electron chi connectivity index (χ4n) is 1.85. The smallest absolute Gasteiger partial charge is 0.0798 e. The summed E-state index contributed by atoms with van der Waals surface area (Å²) in [6.07, 6.45) is 1.27. The Bertz CT molecular complexity index is 297. The SMILES string of the molecule is Cc1ncsc1CN(C)C1CCNC1.Cl. The van der Waals surface area contributed by atoms with Gasteiger partial charge < -0.3 is 5.32 Å². The molecule has 2 heterocycles. The number of rotatable bonds is 3. The lowest BCUT2D eigenvalue weighted by atomic mass is 10.2. The molecule has 1 atom stereocenters. The lowest BCUT2D eigenvalue weighted by Crippen LogP contribution is -2.32. The normalized spacial score (nSPS) is 20.6. The van der Waals surface area contributed by atoms with Crippen LogP contribution < -0.4 is 5.32 Å². The molecule has 2 rings (SSSR count). The van der Waals surface area contributed by atoms with Crippen molar-refractivity contribution in [1.29, 1.82) is 0 Å². The predicted molar refractivity (Wildman–Crippen MR) is 66.8 cm³/mol. The first kappa shape index (κ1) is 12.9. The van der Waals surface area contributed by atoms with Crippen molar-refractivity contribution in [3.05, 3.63) is 16.1 Å². The molecule has 1 unspecified atom stereocenters. The number of thiazole rings is 1. The Balaban J connectivity index is 0.00000112. The summed E-state index contributed by atoms with van der Waals surface area (Å²) in [4.78, 5) is 8.11. The first-order valence-electron chi connectivity index (χ1n) is 5.07. The van der Waals surface area contributed by atoms with Crippen LogP contribution in [0.25, 0.3) is 0 Å². The van der Waals surface area contributed by atoms with E-state index in [9.17, 15) is 0 Å². The standard InChI is InChI=1S/C10H17N3S.ClH/c1-8-10(14-7-12-8)6-13(2)9-3-4-11-5-9;/h7,9,11H,3-6H2,1-2H3;1H. The first-order chi connectivity index (χ1) is 6.77. The van der Waals surface area contributed by atoms with Crippen molar-refractivity contribution in [3.8, 4) is 0 Å². The van der Waals surface area contributed by atoms with Gasteiger partial charge in [-0.15, -0.1) is 23.7 Å². The van der Waals surface area contributed by atoms with Gasteiger partial charge in [0.05, 0.1) is 11.2 Å². The molecule has 0 aliphatic carbocycles. The molecule has 0 saturated carbocycles. The van der Waals surface area contributed by atoms with Gasteiger partial charge in [0.2, 0.25) is 0 Å². The molecule has 0 spiro atoms. The van der Waals surface area contributed by atoms with Gasteiger partial charge in [0.1, 0.15) is 0 Å². The van der Waals surface area contributed by atoms with Crippen molar-refractivity contribution in [2.75, 3.05) is 20.1 Å². The summed E-state index contributed by atoms with van der Waals surface area (Å²) < 4.78 is 0. The number of likely N-dealkylation sites (N-methyl/N-ethyl adjacent to an activating group) is 1. The van der Waals surface area contributed by atoms with Crippen LogP contribution >= 0.6 is 23.7 Å². The summed E-state index contributed by atoms with van der Waals surface area (Å²) in [5.41, 5.74) is 3.12. The summed E-state index contributed by atoms with van der Waals surface area (Å²) in [5, 5.41) is 3.39. The van der Waals surface area contributed by atoms with Crippen LogP contribution in [0.4, 0.5) is 0 Å². The Morgan fingerprint density at radius 3 is 3.00 bits per heavy atom. The highest BCUT2D eigenvalue weighted by Gasteiger charge is 2.19. The number of halogens is 1. The monoisotopic (exact) mass is 247 g/mol. The lowest BCUT2D eigenvalue weighted by molar-refractivity contribution is 0.250. The van der Waals surface area contributed by atoms with Crippen molar-refractivity contribution in [2.45, 2.75) is 25.9 Å². The second-order valence-electron chi connectivity index (χ2n) is 3.92. The van der Waals surface area contributed by atoms with Gasteiger partial charge in [-0.2, -0.15) is 0 Å². The third kappa shape index (κ3) is 3.14. The Hall–Kier alpha value is -0.160. The van der Waals surface area contributed by atoms with E-state index in [0.29, 0.717) is 6.04 Å². The van der Waals surface area contributed by atoms with Crippen molar-refractivity contribution in [3.63, 3.8) is 0 Å². The van der Waals surface area contributed by atoms with Crippen LogP contribution in [0, 0.1) is 6.92 Å². The first-order valence-corrected chi connectivity index (χ1v) is 5.95. The van der Waals surface area contributed by atoms with Crippen LogP contribution in [-0.2, 0) is 6.54 Å². The highest BCUT2D eigenvalue weighted by Crippen LogP contribution is 2.17. The number of aromatic nitrogens is 1. The zero-order valence-electron chi connectivity index (χ0n) is 9.19. The quantitative estimate of drug-likeness (QED) is 0.881. The van der Waals surface area contributed by atoms with E-state index < -0.39 is 0 Å². The summed E-state index contributed by atoms with van der Waals surface area (Å²) >= 11 is 1.76. The molecule has 0 aromatic carbocycles. The maximum atomic E-state index is 4.27. The molecule has 1 N–H and O–H groups in total. The van der Waals surface area contributed by atoms with E-state index in [2.05, 4.69) is 29.2 Å². The van der Waals surface area contributed by atoms with Crippen LogP contribution in [0.3, 0.4) is 0 Å². The van der Waals surface area contributed by atoms with Crippen molar-refractivity contribution in [1.82, 2.24) is 15.2 Å². The Morgan fingerprint density at radius 1 is 1.67 bits per heavy atom. The number of nitrogens with zero attached hydrogens (tertiary/aromatic N) is 2. The van der Waals surface area contributed by atoms with Gasteiger partial charge in [0.15, 0.2) is 0 Å². The van der Waals surface area contributed by atoms with E-state index in [-0.39, 0.29) is 12.4 Å². The van der Waals surface area contributed by atoms with Gasteiger partial charge in [-0.05, 0) is 26.9 Å². The molecule has 1 aromatic rings. The summed E-state index contributed by atoms with van der Waals surface area (Å²) in [5.74, 6) is 0. The molecule has 1 saturated heterocycles. The highest BCUT2D eigenvalue weighted by atomic mass is 35.5. The maximum Gasteiger partial charge on any atom is 0.0798 e. The van der Waals surface area contributed by atoms with E-state index >= 15 is 0 Å². The van der Waals surface area contributed by atoms with Gasteiger partial charge in [-0.3, -0.25) is 4.90 Å². The molecule has 0 radical (unpaired) electrons. The highest BCUT2D eigenvalue weighted by molar-refractivity contribution is 7.09. The molecule has 1 aliphatic heterocycles. The van der Waals surface area contributed by atoms with Gasteiger partial charge in [0, 0.05) is 24.0 Å². The van der Waals surface area contributed by atoms with Crippen molar-refractivity contribution in [2.24, 2.45) is 0 Å². The summed E-state index contributed by atoms with van der Waals surface area (Å²) in [6.45, 7) is 5.43. The fourth-order valence-corrected chi connectivity index (χ4v) is 2.69. The minimum atomic E-state index is 0. The largest absolute Gasteiger partial charge is 0.315 e. The molecule has 5 heteroatoms. The molecule has 1 aliphatic rings. The molecule has 1 fully saturated rings. The third-order valence-electron chi connectivity index (χ3n) is 2.90. The molecule has 15 heavy (non-hydrogen) atoms. The second kappa shape index (κ2) is 5.80. The summed E-state index contributed by atoms with van der Waals surface area (Å²) in [7, 11) is 2.21. The second-order valence-corrected chi connectivity index (χ2v) is 4.86. The van der Waals surface area contributed by atoms with E-state index in [1.165, 1.54) is 17.0 Å². The molecular weight excluding hydrogens is 230 g/mol. The van der Waals surface area contributed by atoms with Gasteiger partial charge in [-0.25, -0.2) is 4.98 Å². The van der Waals surface area contributed by atoms with Crippen molar-refractivity contribution >= 4 is 23.7 Å². The average molecular weight is 248 g/mol. The molecule has 0 bridgehead atoms. The Morgan fingerprint density at radius 2 is 2.47 bits per heavy atom. The topological polar surface area (TPSA) is 28.2 Å². The molecule has 1 aromatic heterocycles. The lowest BCUT2D eigenvalue weighted by Gasteiger charge is -2.22. The minimum Gasteiger partial charge on any atom is -0.315 e. The van der Waals surface area contributed by atoms with Crippen LogP contribution in [-0.4, -0.2) is 36.1 Å². The fraction of sp³-hybridized carbons (Fsp3) is 0.700. The summed E-state index contributed by atoms with van der Waals surface area (Å²) in [6, 6.07) is 0.705. The Labute approximate surface area is 101 Å². The van der Waals surface area contributed by atoms with Crippen LogP contribution in [0.2, 0.25) is 0 Å². The number of hydrogen-bond donors (Lipinski definition) is 1. The van der Waals surface area contributed by atoms with Crippen LogP contribution in [0.5, 0.6) is 0 Å². The van der Waals surface area contributed by atoms with Gasteiger partial charge >= 0.3 is 0 Å². The van der Waals surface area contributed by atoms with E-state index in [1.807, 2.05) is 5.51 Å². The van der Waals surface area contributed by atoms with Gasteiger partial charge in [-0.1, -0.05) is 0 Å². The minimum absolute atomic E-state index is 0. The Kier molecular flexibility index (Phi) is 4.99. The molecule has 86 valence electrons. The maximum absolute atomic E-state index is 4.27. The van der Waals surface area contributed by atoms with Crippen LogP contribution in [0.1, 0.15) is 17.0 Å². The van der Waals surface area contributed by atoms with E-state index in [1.54, 1.807) is 11.3 Å². The zero-order valence-corrected chi connectivity index (χ0v) is 10.8. The zero-order chi connectivity index (χ0) is 9.97. The number of nitrogens with one attached hydrogen (secondary N) is 1. The predicted octanol–water partition coefficient (Wildman–Crippen LogP) is 1.67. The third-order valence-corrected chi connectivity index (χ3v) is 3.82. The molecule has 0 amide bonds. The number of hydrogen-bond acceptors (Lipinski definition) is 4. The average Bonchev–Trinajstić information content (AvgIpc) is 2.77. The van der Waals surface area contributed by atoms with Crippen molar-refractivity contribution < 1.29 is 0 Å². The number of aryl methyl sites for hydroxylation is 1.